The van der Waals surface area contributed by atoms with Crippen LogP contribution in [0.1, 0.15) is 29.4 Å². The van der Waals surface area contributed by atoms with Crippen molar-refractivity contribution in [2.45, 2.75) is 24.2 Å². The van der Waals surface area contributed by atoms with E-state index in [2.05, 4.69) is 15.5 Å². The molecule has 0 spiro atoms. The number of amides is 2. The Morgan fingerprint density at radius 1 is 0.875 bits per heavy atom. The van der Waals surface area contributed by atoms with Crippen molar-refractivity contribution in [1.29, 1.82) is 0 Å². The number of methoxy groups -OCH3 is 1. The predicted octanol–water partition coefficient (Wildman–Crippen LogP) is 5.72. The molecule has 0 aliphatic carbocycles. The summed E-state index contributed by atoms with van der Waals surface area (Å²) in [6.07, 6.45) is 0.429. The minimum atomic E-state index is -0.449. The molecule has 1 atom stereocenters. The normalized spacial score (nSPS) is 14.0. The Kier molecular flexibility index (Phi) is 10.1. The lowest BCUT2D eigenvalue weighted by Crippen LogP contribution is -2.29. The molecule has 6 rings (SSSR count). The number of carbonyl (C=O) groups is 2. The first kappa shape index (κ1) is 32.4. The molecule has 4 aromatic carbocycles. The maximum absolute atomic E-state index is 13.8. The van der Waals surface area contributed by atoms with Crippen LogP contribution in [0, 0.1) is 11.6 Å². The summed E-state index contributed by atoms with van der Waals surface area (Å²) in [5.41, 5.74) is 2.83. The fourth-order valence-electron chi connectivity index (χ4n) is 5.09. The Morgan fingerprint density at radius 2 is 1.56 bits per heavy atom. The summed E-state index contributed by atoms with van der Waals surface area (Å²) in [5, 5.41) is 17.8. The molecule has 2 heterocycles. The number of aromatic nitrogens is 3. The summed E-state index contributed by atoms with van der Waals surface area (Å²) in [6.45, 7) is -0.195. The van der Waals surface area contributed by atoms with Crippen LogP contribution in [-0.4, -0.2) is 56.8 Å². The number of nitrogens with one attached hydrogen (secondary N) is 1. The van der Waals surface area contributed by atoms with E-state index < -0.39 is 11.9 Å². The summed E-state index contributed by atoms with van der Waals surface area (Å²) >= 11 is 1.13. The van der Waals surface area contributed by atoms with E-state index >= 15 is 0 Å². The molecule has 10 nitrogen and oxygen atoms in total. The van der Waals surface area contributed by atoms with Crippen molar-refractivity contribution in [3.8, 4) is 17.2 Å². The summed E-state index contributed by atoms with van der Waals surface area (Å²) < 4.78 is 40.0. The van der Waals surface area contributed by atoms with E-state index in [0.29, 0.717) is 40.3 Å². The Hall–Kier alpha value is -5.56. The third-order valence-electron chi connectivity index (χ3n) is 7.51. The lowest BCUT2D eigenvalue weighted by Gasteiger charge is -2.22. The topological polar surface area (TPSA) is 111 Å². The molecule has 13 heteroatoms. The number of hydrogen-bond donors (Lipinski definition) is 1. The second-order valence-corrected chi connectivity index (χ2v) is 11.6. The molecule has 0 bridgehead atoms. The Morgan fingerprint density at radius 3 is 2.25 bits per heavy atom. The molecule has 1 N–H and O–H groups in total. The molecule has 0 saturated carbocycles. The van der Waals surface area contributed by atoms with E-state index in [1.54, 1.807) is 60.2 Å². The number of halogens is 2. The second kappa shape index (κ2) is 14.9. The second-order valence-electron chi connectivity index (χ2n) is 10.7. The van der Waals surface area contributed by atoms with Gasteiger partial charge in [-0.2, -0.15) is 5.10 Å². The first-order chi connectivity index (χ1) is 23.4. The number of rotatable bonds is 12. The Bertz CT molecular complexity index is 1900. The lowest BCUT2D eigenvalue weighted by atomic mass is 9.98. The minimum Gasteiger partial charge on any atom is -0.497 e. The van der Waals surface area contributed by atoms with E-state index in [1.807, 2.05) is 30.3 Å². The van der Waals surface area contributed by atoms with E-state index in [0.717, 1.165) is 22.9 Å². The standard InChI is InChI=1S/C35H30F2N6O4S/c1-46-28-17-9-23(10-18-28)30-19-31(24-7-11-25(36)12-8-24)43(41-30)34(45)22-48-35-40-39-32(42(35)27-15-13-26(37)14-16-27)20-38-33(44)21-47-29-5-3-2-4-6-29/h2-18,31H,19-22H2,1H3,(H,38,44). The average molecular weight is 669 g/mol. The maximum Gasteiger partial charge on any atom is 0.258 e. The third-order valence-corrected chi connectivity index (χ3v) is 8.42. The molecular formula is C35H30F2N6O4S. The zero-order valence-electron chi connectivity index (χ0n) is 25.8. The molecule has 1 aromatic heterocycles. The van der Waals surface area contributed by atoms with E-state index in [9.17, 15) is 18.4 Å². The molecule has 0 saturated heterocycles. The molecule has 1 aliphatic rings. The average Bonchev–Trinajstić information content (AvgIpc) is 3.75. The van der Waals surface area contributed by atoms with Gasteiger partial charge in [-0.3, -0.25) is 14.2 Å². The van der Waals surface area contributed by atoms with Crippen molar-refractivity contribution in [3.63, 3.8) is 0 Å². The van der Waals surface area contributed by atoms with Crippen LogP contribution >= 0.6 is 11.8 Å². The van der Waals surface area contributed by atoms with Gasteiger partial charge >= 0.3 is 0 Å². The van der Waals surface area contributed by atoms with Gasteiger partial charge in [-0.05, 0) is 83.9 Å². The van der Waals surface area contributed by atoms with Gasteiger partial charge in [-0.1, -0.05) is 42.1 Å². The number of para-hydroxylation sites is 1. The summed E-state index contributed by atoms with van der Waals surface area (Å²) in [7, 11) is 1.59. The van der Waals surface area contributed by atoms with E-state index in [4.69, 9.17) is 14.6 Å². The van der Waals surface area contributed by atoms with Crippen LogP contribution < -0.4 is 14.8 Å². The zero-order valence-corrected chi connectivity index (χ0v) is 26.6. The molecule has 0 fully saturated rings. The molecule has 2 amide bonds. The highest BCUT2D eigenvalue weighted by atomic mass is 32.2. The monoisotopic (exact) mass is 668 g/mol. The Labute approximate surface area is 279 Å². The fourth-order valence-corrected chi connectivity index (χ4v) is 5.91. The number of hydrogen-bond acceptors (Lipinski definition) is 8. The third kappa shape index (κ3) is 7.69. The summed E-state index contributed by atoms with van der Waals surface area (Å²) in [6, 6.07) is 27.7. The number of nitrogens with zero attached hydrogens (tertiary/aromatic N) is 5. The van der Waals surface area contributed by atoms with Crippen molar-refractivity contribution >= 4 is 29.3 Å². The maximum atomic E-state index is 13.8. The Balaban J connectivity index is 1.20. The molecule has 1 aliphatic heterocycles. The number of thioether (sulfide) groups is 1. The van der Waals surface area contributed by atoms with Crippen LogP contribution in [-0.2, 0) is 16.1 Å². The predicted molar refractivity (Wildman–Crippen MR) is 176 cm³/mol. The van der Waals surface area contributed by atoms with Gasteiger partial charge in [0.05, 0.1) is 31.2 Å². The first-order valence-electron chi connectivity index (χ1n) is 14.9. The first-order valence-corrected chi connectivity index (χ1v) is 15.9. The summed E-state index contributed by atoms with van der Waals surface area (Å²) in [5.74, 6) is 0.0886. The van der Waals surface area contributed by atoms with Crippen molar-refractivity contribution < 1.29 is 27.8 Å². The molecule has 1 unspecified atom stereocenters. The lowest BCUT2D eigenvalue weighted by molar-refractivity contribution is -0.130. The minimum absolute atomic E-state index is 0.00411. The fraction of sp³-hybridized carbons (Fsp3) is 0.171. The van der Waals surface area contributed by atoms with Crippen molar-refractivity contribution in [2.24, 2.45) is 5.10 Å². The van der Waals surface area contributed by atoms with Gasteiger partial charge in [0.15, 0.2) is 17.6 Å². The van der Waals surface area contributed by atoms with Gasteiger partial charge < -0.3 is 14.8 Å². The van der Waals surface area contributed by atoms with Gasteiger partial charge in [0.25, 0.3) is 11.8 Å². The summed E-state index contributed by atoms with van der Waals surface area (Å²) in [4.78, 5) is 26.3. The number of hydrazone groups is 1. The van der Waals surface area contributed by atoms with E-state index in [-0.39, 0.29) is 36.5 Å². The van der Waals surface area contributed by atoms with Gasteiger partial charge in [-0.15, -0.1) is 10.2 Å². The van der Waals surface area contributed by atoms with Crippen LogP contribution in [0.2, 0.25) is 0 Å². The molecule has 48 heavy (non-hydrogen) atoms. The number of ether oxygens (including phenoxy) is 2. The SMILES string of the molecule is COc1ccc(C2=NN(C(=O)CSc3nnc(CNC(=O)COc4ccccc4)n3-c3ccc(F)cc3)C(c3ccc(F)cc3)C2)cc1. The van der Waals surface area contributed by atoms with Crippen LogP contribution in [0.3, 0.4) is 0 Å². The molecular weight excluding hydrogens is 638 g/mol. The van der Waals surface area contributed by atoms with Gasteiger partial charge in [0, 0.05) is 12.1 Å². The quantitative estimate of drug-likeness (QED) is 0.169. The highest BCUT2D eigenvalue weighted by molar-refractivity contribution is 7.99. The molecule has 0 radical (unpaired) electrons. The van der Waals surface area contributed by atoms with Gasteiger partial charge in [-0.25, -0.2) is 13.8 Å². The van der Waals surface area contributed by atoms with Gasteiger partial charge in [0.1, 0.15) is 23.1 Å². The van der Waals surface area contributed by atoms with Crippen molar-refractivity contribution in [2.75, 3.05) is 19.5 Å². The highest BCUT2D eigenvalue weighted by Gasteiger charge is 2.33. The van der Waals surface area contributed by atoms with Crippen LogP contribution in [0.25, 0.3) is 5.69 Å². The van der Waals surface area contributed by atoms with Crippen LogP contribution in [0.5, 0.6) is 11.5 Å². The zero-order chi connectivity index (χ0) is 33.5. The van der Waals surface area contributed by atoms with Crippen LogP contribution in [0.15, 0.2) is 113 Å². The highest BCUT2D eigenvalue weighted by Crippen LogP contribution is 2.34. The largest absolute Gasteiger partial charge is 0.497 e. The number of carbonyl (C=O) groups excluding carboxylic acids is 2. The van der Waals surface area contributed by atoms with Crippen molar-refractivity contribution in [1.82, 2.24) is 25.1 Å². The smallest absolute Gasteiger partial charge is 0.258 e. The van der Waals surface area contributed by atoms with Crippen molar-refractivity contribution in [3.05, 3.63) is 132 Å². The molecule has 5 aromatic rings. The van der Waals surface area contributed by atoms with E-state index in [1.165, 1.54) is 29.3 Å². The molecule has 244 valence electrons. The number of benzene rings is 4. The van der Waals surface area contributed by atoms with Crippen LogP contribution in [0.4, 0.5) is 8.78 Å². The van der Waals surface area contributed by atoms with Gasteiger partial charge in [0.2, 0.25) is 0 Å².